The summed E-state index contributed by atoms with van der Waals surface area (Å²) in [6, 6.07) is 3.79. The first kappa shape index (κ1) is 22.5. The van der Waals surface area contributed by atoms with Gasteiger partial charge in [0.15, 0.2) is 0 Å². The number of nitrogens with one attached hydrogen (secondary N) is 1. The highest BCUT2D eigenvalue weighted by Gasteiger charge is 2.37. The highest BCUT2D eigenvalue weighted by atomic mass is 79.9. The van der Waals surface area contributed by atoms with Crippen LogP contribution in [-0.4, -0.2) is 62.4 Å². The molecule has 0 bridgehead atoms. The predicted octanol–water partition coefficient (Wildman–Crippen LogP) is 3.01. The molecular weight excluding hydrogens is 481 g/mol. The minimum atomic E-state index is -0.756. The molecule has 0 unspecified atom stereocenters. The van der Waals surface area contributed by atoms with E-state index >= 15 is 0 Å². The number of hydrogen-bond acceptors (Lipinski definition) is 4. The van der Waals surface area contributed by atoms with Gasteiger partial charge in [0.1, 0.15) is 11.5 Å². The van der Waals surface area contributed by atoms with E-state index in [-0.39, 0.29) is 34.9 Å². The SMILES string of the molecule is C=C[C@@H](O)[C@H]1CN(C)C(=O)c2c3c(nn2C1)C[C@@H](C)N(C(=O)Nc1ccc(F)c(Br)c1)C3. The quantitative estimate of drug-likeness (QED) is 0.627. The Morgan fingerprint density at radius 2 is 2.19 bits per heavy atom. The molecule has 1 aromatic carbocycles. The summed E-state index contributed by atoms with van der Waals surface area (Å²) in [7, 11) is 1.70. The molecule has 0 saturated heterocycles. The molecule has 2 N–H and O–H groups in total. The Kier molecular flexibility index (Phi) is 6.09. The summed E-state index contributed by atoms with van der Waals surface area (Å²) >= 11 is 3.12. The first-order valence-electron chi connectivity index (χ1n) is 10.4. The van der Waals surface area contributed by atoms with Crippen LogP contribution in [0.3, 0.4) is 0 Å². The second-order valence-corrected chi connectivity index (χ2v) is 9.22. The number of benzene rings is 1. The van der Waals surface area contributed by atoms with Crippen LogP contribution in [0.4, 0.5) is 14.9 Å². The zero-order chi connectivity index (χ0) is 23.2. The largest absolute Gasteiger partial charge is 0.389 e. The standard InChI is InChI=1S/C22H25BrFN5O3/c1-4-19(30)13-9-27(3)21(31)20-15-11-28(12(2)7-18(15)26-29(20)10-13)22(32)25-14-5-6-17(24)16(23)8-14/h4-6,8,12-13,19,30H,1,7,9-11H2,2-3H3,(H,25,32)/t12-,13+,19-/m1/s1. The van der Waals surface area contributed by atoms with Gasteiger partial charge in [-0.1, -0.05) is 6.08 Å². The van der Waals surface area contributed by atoms with E-state index in [1.165, 1.54) is 24.3 Å². The van der Waals surface area contributed by atoms with Crippen LogP contribution < -0.4 is 5.32 Å². The Morgan fingerprint density at radius 3 is 2.88 bits per heavy atom. The van der Waals surface area contributed by atoms with Crippen LogP contribution >= 0.6 is 15.9 Å². The molecule has 1 aromatic heterocycles. The van der Waals surface area contributed by atoms with Gasteiger partial charge < -0.3 is 20.2 Å². The van der Waals surface area contributed by atoms with Crippen LogP contribution in [0.25, 0.3) is 0 Å². The van der Waals surface area contributed by atoms with E-state index in [9.17, 15) is 19.1 Å². The van der Waals surface area contributed by atoms with Gasteiger partial charge >= 0.3 is 6.03 Å². The molecule has 2 aromatic rings. The van der Waals surface area contributed by atoms with Gasteiger partial charge in [-0.3, -0.25) is 9.48 Å². The molecule has 170 valence electrons. The summed E-state index contributed by atoms with van der Waals surface area (Å²) in [5.41, 5.74) is 2.43. The Bertz CT molecular complexity index is 1090. The molecule has 8 nitrogen and oxygen atoms in total. The number of anilines is 1. The normalized spacial score (nSPS) is 21.5. The topological polar surface area (TPSA) is 90.7 Å². The molecule has 3 heterocycles. The van der Waals surface area contributed by atoms with Crippen molar-refractivity contribution in [1.82, 2.24) is 19.6 Å². The first-order valence-corrected chi connectivity index (χ1v) is 11.2. The van der Waals surface area contributed by atoms with E-state index in [1.54, 1.807) is 21.5 Å². The smallest absolute Gasteiger partial charge is 0.322 e. The molecule has 0 radical (unpaired) electrons. The molecule has 2 aliphatic rings. The molecule has 3 amide bonds. The summed E-state index contributed by atoms with van der Waals surface area (Å²) in [6.07, 6.45) is 1.22. The van der Waals surface area contributed by atoms with Crippen molar-refractivity contribution in [3.05, 3.63) is 58.1 Å². The highest BCUT2D eigenvalue weighted by Crippen LogP contribution is 2.30. The number of carbonyl (C=O) groups is 2. The second kappa shape index (κ2) is 8.67. The van der Waals surface area contributed by atoms with Crippen LogP contribution in [-0.2, 0) is 19.5 Å². The molecule has 10 heteroatoms. The highest BCUT2D eigenvalue weighted by molar-refractivity contribution is 9.10. The van der Waals surface area contributed by atoms with Gasteiger partial charge in [-0.2, -0.15) is 5.10 Å². The van der Waals surface area contributed by atoms with Crippen molar-refractivity contribution in [3.8, 4) is 0 Å². The third kappa shape index (κ3) is 4.04. The van der Waals surface area contributed by atoms with E-state index in [0.29, 0.717) is 30.9 Å². The van der Waals surface area contributed by atoms with Crippen molar-refractivity contribution in [2.45, 2.75) is 38.6 Å². The maximum absolute atomic E-state index is 13.5. The van der Waals surface area contributed by atoms with Gasteiger partial charge in [0, 0.05) is 49.8 Å². The summed E-state index contributed by atoms with van der Waals surface area (Å²) in [5.74, 6) is -0.822. The monoisotopic (exact) mass is 505 g/mol. The number of fused-ring (bicyclic) bond motifs is 3. The Hall–Kier alpha value is -2.72. The van der Waals surface area contributed by atoms with E-state index < -0.39 is 11.9 Å². The molecule has 4 rings (SSSR count). The lowest BCUT2D eigenvalue weighted by molar-refractivity contribution is 0.0724. The zero-order valence-corrected chi connectivity index (χ0v) is 19.5. The second-order valence-electron chi connectivity index (χ2n) is 8.37. The summed E-state index contributed by atoms with van der Waals surface area (Å²) < 4.78 is 15.4. The van der Waals surface area contributed by atoms with Crippen molar-refractivity contribution in [3.63, 3.8) is 0 Å². The summed E-state index contributed by atoms with van der Waals surface area (Å²) in [5, 5.41) is 17.8. The number of aromatic nitrogens is 2. The third-order valence-corrected chi connectivity index (χ3v) is 6.71. The van der Waals surface area contributed by atoms with Gasteiger partial charge in [0.05, 0.1) is 22.8 Å². The van der Waals surface area contributed by atoms with Crippen LogP contribution in [0.5, 0.6) is 0 Å². The molecule has 0 saturated carbocycles. The van der Waals surface area contributed by atoms with Crippen molar-refractivity contribution < 1.29 is 19.1 Å². The van der Waals surface area contributed by atoms with Crippen LogP contribution in [0.15, 0.2) is 35.3 Å². The Labute approximate surface area is 193 Å². The maximum Gasteiger partial charge on any atom is 0.322 e. The number of nitrogens with zero attached hydrogens (tertiary/aromatic N) is 4. The average molecular weight is 506 g/mol. The van der Waals surface area contributed by atoms with E-state index in [1.807, 2.05) is 6.92 Å². The zero-order valence-electron chi connectivity index (χ0n) is 17.9. The van der Waals surface area contributed by atoms with E-state index in [2.05, 4.69) is 32.9 Å². The van der Waals surface area contributed by atoms with Crippen LogP contribution in [0.1, 0.15) is 28.7 Å². The van der Waals surface area contributed by atoms with Crippen molar-refractivity contribution >= 4 is 33.6 Å². The first-order chi connectivity index (χ1) is 15.2. The number of aliphatic hydroxyl groups excluding tert-OH is 1. The van der Waals surface area contributed by atoms with Gasteiger partial charge in [-0.15, -0.1) is 6.58 Å². The van der Waals surface area contributed by atoms with Crippen LogP contribution in [0.2, 0.25) is 0 Å². The fraction of sp³-hybridized carbons (Fsp3) is 0.409. The molecule has 0 aliphatic carbocycles. The van der Waals surface area contributed by atoms with Crippen molar-refractivity contribution in [2.24, 2.45) is 5.92 Å². The van der Waals surface area contributed by atoms with Gasteiger partial charge in [0.2, 0.25) is 0 Å². The predicted molar refractivity (Wildman–Crippen MR) is 121 cm³/mol. The molecule has 0 fully saturated rings. The molecule has 2 aliphatic heterocycles. The fourth-order valence-electron chi connectivity index (χ4n) is 4.31. The number of carbonyl (C=O) groups excluding carboxylic acids is 2. The third-order valence-electron chi connectivity index (χ3n) is 6.10. The lowest BCUT2D eigenvalue weighted by Gasteiger charge is -2.33. The van der Waals surface area contributed by atoms with Crippen LogP contribution in [0, 0.1) is 11.7 Å². The lowest BCUT2D eigenvalue weighted by Crippen LogP contribution is -2.45. The number of amides is 3. The summed E-state index contributed by atoms with van der Waals surface area (Å²) in [6.45, 7) is 6.57. The molecule has 32 heavy (non-hydrogen) atoms. The Balaban J connectivity index is 1.62. The van der Waals surface area contributed by atoms with Gasteiger partial charge in [-0.25, -0.2) is 9.18 Å². The minimum absolute atomic E-state index is 0.145. The lowest BCUT2D eigenvalue weighted by atomic mass is 9.99. The maximum atomic E-state index is 13.5. The number of halogens is 2. The van der Waals surface area contributed by atoms with Gasteiger partial charge in [0.25, 0.3) is 5.91 Å². The molecule has 3 atom stereocenters. The fourth-order valence-corrected chi connectivity index (χ4v) is 4.69. The van der Waals surface area contributed by atoms with Crippen molar-refractivity contribution in [1.29, 1.82) is 0 Å². The number of hydrogen-bond donors (Lipinski definition) is 2. The number of urea groups is 1. The minimum Gasteiger partial charge on any atom is -0.389 e. The molecular formula is C22H25BrFN5O3. The van der Waals surface area contributed by atoms with E-state index in [4.69, 9.17) is 0 Å². The summed E-state index contributed by atoms with van der Waals surface area (Å²) in [4.78, 5) is 29.4. The van der Waals surface area contributed by atoms with E-state index in [0.717, 1.165) is 11.3 Å². The van der Waals surface area contributed by atoms with Crippen molar-refractivity contribution in [2.75, 3.05) is 18.9 Å². The number of rotatable bonds is 3. The Morgan fingerprint density at radius 1 is 1.44 bits per heavy atom. The molecule has 0 spiro atoms. The number of aliphatic hydroxyl groups is 1. The van der Waals surface area contributed by atoms with Gasteiger partial charge in [-0.05, 0) is 41.1 Å². The average Bonchev–Trinajstić information content (AvgIpc) is 3.04.